The van der Waals surface area contributed by atoms with E-state index in [0.29, 0.717) is 0 Å². The van der Waals surface area contributed by atoms with Gasteiger partial charge in [0.2, 0.25) is 0 Å². The topological polar surface area (TPSA) is 142 Å². The minimum atomic E-state index is -5.55. The summed E-state index contributed by atoms with van der Waals surface area (Å²) in [4.78, 5) is 37.9. The molecule has 0 aliphatic rings. The Labute approximate surface area is 486 Å². The smallest absolute Gasteiger partial charge is 0.0786 e. The lowest BCUT2D eigenvalue weighted by molar-refractivity contribution is -0.929. The van der Waals surface area contributed by atoms with Gasteiger partial charge in [0.25, 0.3) is 0 Å². The minimum Gasteiger partial charge on any atom is -0.806 e. The molecule has 0 saturated heterocycles. The summed E-state index contributed by atoms with van der Waals surface area (Å²) in [7, 11) is -10.7. The fourth-order valence-electron chi connectivity index (χ4n) is 10.7. The molecule has 0 radical (unpaired) electrons. The van der Waals surface area contributed by atoms with E-state index in [4.69, 9.17) is 5.16 Å². The van der Waals surface area contributed by atoms with Gasteiger partial charge in [-0.15, -0.1) is 0 Å². The molecule has 0 aliphatic heterocycles. The molecule has 0 heterocycles. The Bertz CT molecular complexity index is 940. The summed E-state index contributed by atoms with van der Waals surface area (Å²) < 4.78 is 17.8. The number of unbranched alkanes of at least 4 members (excludes halogenated alkanes) is 16. The van der Waals surface area contributed by atoms with Gasteiger partial charge in [0.15, 0.2) is 0 Å². The molecule has 1 N–H and O–H groups in total. The van der Waals surface area contributed by atoms with Crippen molar-refractivity contribution in [3.63, 3.8) is 0 Å². The molecule has 0 amide bonds. The summed E-state index contributed by atoms with van der Waals surface area (Å²) in [5.41, 5.74) is 0. The summed E-state index contributed by atoms with van der Waals surface area (Å²) in [6, 6.07) is 0. The lowest BCUT2D eigenvalue weighted by atomic mass is 10.1. The highest BCUT2D eigenvalue weighted by atomic mass is 31.3. The van der Waals surface area contributed by atoms with E-state index in [9.17, 15) is 24.1 Å². The van der Waals surface area contributed by atoms with E-state index in [0.717, 1.165) is 0 Å². The van der Waals surface area contributed by atoms with Crippen LogP contribution in [-0.2, 0) is 8.88 Å². The van der Waals surface area contributed by atoms with Crippen molar-refractivity contribution in [2.75, 3.05) is 105 Å². The van der Waals surface area contributed by atoms with Crippen LogP contribution in [-0.4, -0.2) is 123 Å². The third kappa shape index (κ3) is 56.4. The fraction of sp³-hybridized carbons (Fsp3) is 1.00. The van der Waals surface area contributed by atoms with Gasteiger partial charge in [-0.25, -0.2) is 0 Å². The monoisotopic (exact) mass is 1140 g/mol. The fourth-order valence-corrected chi connectivity index (χ4v) is 11.8. The first-order valence-electron chi connectivity index (χ1n) is 33.9. The van der Waals surface area contributed by atoms with Crippen molar-refractivity contribution in [3.05, 3.63) is 0 Å². The predicted molar refractivity (Wildman–Crippen MR) is 336 cm³/mol. The first-order valence-corrected chi connectivity index (χ1v) is 36.9. The molecular weight excluding hydrogens is 997 g/mol. The number of nitrogens with one attached hydrogen (secondary N) is 1. The van der Waals surface area contributed by atoms with Gasteiger partial charge in [0.1, 0.15) is 0 Å². The molecule has 0 atom stereocenters. The molecule has 0 aromatic carbocycles. The lowest BCUT2D eigenvalue weighted by Crippen LogP contribution is -2.50. The van der Waals surface area contributed by atoms with Crippen LogP contribution in [0.4, 0.5) is 0 Å². The van der Waals surface area contributed by atoms with E-state index in [1.165, 1.54) is 328 Å². The van der Waals surface area contributed by atoms with E-state index in [1.54, 1.807) is 0 Å². The number of quaternary nitrogens is 4. The molecule has 472 valence electrons. The van der Waals surface area contributed by atoms with Crippen LogP contribution in [0.15, 0.2) is 0 Å². The predicted octanol–water partition coefficient (Wildman–Crippen LogP) is 17.1. The summed E-state index contributed by atoms with van der Waals surface area (Å²) >= 11 is 0. The molecule has 0 bridgehead atoms. The largest absolute Gasteiger partial charge is 0.806 e. The molecule has 0 rings (SSSR count). The van der Waals surface area contributed by atoms with Gasteiger partial charge in [0, 0.05) is 0 Å². The molecule has 0 aromatic heterocycles. The van der Waals surface area contributed by atoms with Crippen LogP contribution in [0.2, 0.25) is 0 Å². The Morgan fingerprint density at radius 2 is 0.338 bits per heavy atom. The Hall–Kier alpha value is 0.100. The number of phosphoric acid groups is 1. The molecule has 0 unspecified atom stereocenters. The SMILES string of the molecule is CCCC[N+](CCCC)(CCCC)CCCC.CCCC[N+](CCCC)(CCCC)CCCC.CCCC[N+](CCCC)(CCCC)CCCC.CCCC[N+](CCCC)(CCCC)CCCC.N=P([O-])([O-])OP(=O)([O-])[O-]. The summed E-state index contributed by atoms with van der Waals surface area (Å²) in [6.07, 6.45) is 44.2. The highest BCUT2D eigenvalue weighted by Crippen LogP contribution is 2.43. The second kappa shape index (κ2) is 59.3. The van der Waals surface area contributed by atoms with Gasteiger partial charge in [-0.2, -0.15) is 0 Å². The van der Waals surface area contributed by atoms with E-state index in [2.05, 4.69) is 115 Å². The normalized spacial score (nSPS) is 12.2. The minimum absolute atomic E-state index is 1.35. The third-order valence-corrected chi connectivity index (χ3v) is 17.6. The highest BCUT2D eigenvalue weighted by molar-refractivity contribution is 7.57. The number of rotatable bonds is 50. The Morgan fingerprint density at radius 3 is 0.377 bits per heavy atom. The quantitative estimate of drug-likeness (QED) is 0.0475. The zero-order chi connectivity index (χ0) is 59.6. The summed E-state index contributed by atoms with van der Waals surface area (Å²) in [5, 5.41) is 5.79. The Kier molecular flexibility index (Phi) is 66.1. The zero-order valence-electron chi connectivity index (χ0n) is 55.6. The zero-order valence-corrected chi connectivity index (χ0v) is 57.4. The van der Waals surface area contributed by atoms with Gasteiger partial charge in [0.05, 0.1) is 113 Å². The second-order valence-electron chi connectivity index (χ2n) is 23.6. The number of nitrogens with zero attached hydrogens (tertiary/aromatic N) is 4. The summed E-state index contributed by atoms with van der Waals surface area (Å²) in [6.45, 7) is 60.1. The van der Waals surface area contributed by atoms with Crippen LogP contribution in [0.25, 0.3) is 0 Å². The maximum Gasteiger partial charge on any atom is 0.0786 e. The maximum absolute atomic E-state index is 9.55. The molecule has 13 heteroatoms. The Morgan fingerprint density at radius 1 is 0.247 bits per heavy atom. The van der Waals surface area contributed by atoms with Gasteiger partial charge in [-0.3, -0.25) is 0 Å². The van der Waals surface area contributed by atoms with Crippen LogP contribution in [0.5, 0.6) is 0 Å². The summed E-state index contributed by atoms with van der Waals surface area (Å²) in [5.74, 6) is 0. The molecule has 0 fully saturated rings. The van der Waals surface area contributed by atoms with E-state index in [1.807, 2.05) is 0 Å². The van der Waals surface area contributed by atoms with Crippen LogP contribution >= 0.6 is 15.6 Å². The van der Waals surface area contributed by atoms with Crippen molar-refractivity contribution in [3.8, 4) is 0 Å². The third-order valence-electron chi connectivity index (χ3n) is 16.0. The Balaban J connectivity index is -0.000000284. The number of hydrogen-bond donors (Lipinski definition) is 1. The van der Waals surface area contributed by atoms with E-state index >= 15 is 0 Å². The van der Waals surface area contributed by atoms with Gasteiger partial charge < -0.3 is 51.5 Å². The molecular formula is C64H145N5O6P2. The second-order valence-corrected chi connectivity index (χ2v) is 26.2. The van der Waals surface area contributed by atoms with Crippen molar-refractivity contribution in [1.29, 1.82) is 5.16 Å². The first-order chi connectivity index (χ1) is 36.7. The molecule has 0 saturated carbocycles. The first kappa shape index (κ1) is 85.9. The molecule has 77 heavy (non-hydrogen) atoms. The van der Waals surface area contributed by atoms with Crippen molar-refractivity contribution in [2.45, 2.75) is 316 Å². The molecule has 11 nitrogen and oxygen atoms in total. The number of hydrogen-bond acceptors (Lipinski definition) is 7. The van der Waals surface area contributed by atoms with Crippen molar-refractivity contribution < 1.29 is 46.4 Å². The van der Waals surface area contributed by atoms with E-state index in [-0.39, 0.29) is 0 Å². The average molecular weight is 1140 g/mol. The van der Waals surface area contributed by atoms with Crippen LogP contribution in [0.3, 0.4) is 0 Å². The molecule has 0 aliphatic carbocycles. The van der Waals surface area contributed by atoms with Gasteiger partial charge in [-0.05, 0) is 103 Å². The van der Waals surface area contributed by atoms with Crippen molar-refractivity contribution in [1.82, 2.24) is 0 Å². The van der Waals surface area contributed by atoms with Crippen LogP contribution in [0, 0.1) is 5.16 Å². The maximum atomic E-state index is 9.55. The lowest BCUT2D eigenvalue weighted by Gasteiger charge is -2.43. The van der Waals surface area contributed by atoms with Crippen LogP contribution < -0.4 is 19.6 Å². The molecule has 0 aromatic rings. The highest BCUT2D eigenvalue weighted by Gasteiger charge is 2.28. The van der Waals surface area contributed by atoms with E-state index < -0.39 is 15.6 Å². The van der Waals surface area contributed by atoms with Gasteiger partial charge >= 0.3 is 0 Å². The van der Waals surface area contributed by atoms with Crippen molar-refractivity contribution in [2.24, 2.45) is 0 Å². The van der Waals surface area contributed by atoms with Crippen LogP contribution in [0.1, 0.15) is 316 Å². The van der Waals surface area contributed by atoms with Crippen molar-refractivity contribution >= 4 is 15.6 Å². The van der Waals surface area contributed by atoms with Gasteiger partial charge in [-0.1, -0.05) is 221 Å². The average Bonchev–Trinajstić information content (AvgIpc) is 3.41. The molecule has 0 spiro atoms. The standard InChI is InChI=1S/4C16H36N.H3NO6P2/c4*1-5-9-13-17(14-10-6-2,15-11-7-3)16-12-8-4;1-8(2,3)7-9(4,5)6/h4*5-16H2,1-4H3;(H3-2,1,2,3,4,5,6)/q4*+1;-2/p-2.